The zero-order valence-electron chi connectivity index (χ0n) is 10.6. The van der Waals surface area contributed by atoms with Crippen LogP contribution >= 0.6 is 0 Å². The Balaban J connectivity index is 2.49. The molecule has 0 fully saturated rings. The third kappa shape index (κ3) is 2.45. The molecular weight excluding hydrogens is 244 g/mol. The van der Waals surface area contributed by atoms with E-state index in [-0.39, 0.29) is 12.2 Å². The van der Waals surface area contributed by atoms with E-state index in [4.69, 9.17) is 0 Å². The van der Waals surface area contributed by atoms with Crippen LogP contribution in [0.1, 0.15) is 29.4 Å². The Bertz CT molecular complexity index is 631. The Kier molecular flexibility index (Phi) is 3.85. The summed E-state index contributed by atoms with van der Waals surface area (Å²) in [5, 5.41) is 4.31. The number of ketones is 1. The molecular formula is C14H14N2O3. The first kappa shape index (κ1) is 13.1. The maximum Gasteiger partial charge on any atom is 0.175 e. The standard InChI is InChI=1S/C14H14N2O3/c1-2-11-8-13-12(4-3-6-16(13)15-11)14(19)10(9-18)5-7-17/h3-4,6-10H,2,5H2,1H3. The van der Waals surface area contributed by atoms with Crippen LogP contribution in [0.3, 0.4) is 0 Å². The highest BCUT2D eigenvalue weighted by Gasteiger charge is 2.21. The molecule has 0 saturated carbocycles. The number of aryl methyl sites for hydroxylation is 1. The molecule has 0 aliphatic rings. The van der Waals surface area contributed by atoms with Crippen molar-refractivity contribution in [1.29, 1.82) is 0 Å². The summed E-state index contributed by atoms with van der Waals surface area (Å²) in [6.07, 6.45) is 3.54. The molecule has 2 aromatic heterocycles. The van der Waals surface area contributed by atoms with E-state index >= 15 is 0 Å². The van der Waals surface area contributed by atoms with Crippen molar-refractivity contribution in [1.82, 2.24) is 9.61 Å². The molecule has 1 unspecified atom stereocenters. The Morgan fingerprint density at radius 1 is 1.47 bits per heavy atom. The van der Waals surface area contributed by atoms with Crippen molar-refractivity contribution in [3.05, 3.63) is 35.7 Å². The molecule has 19 heavy (non-hydrogen) atoms. The average Bonchev–Trinajstić information content (AvgIpc) is 2.86. The second kappa shape index (κ2) is 5.56. The third-order valence-corrected chi connectivity index (χ3v) is 3.03. The zero-order chi connectivity index (χ0) is 13.8. The van der Waals surface area contributed by atoms with Crippen LogP contribution in [0.5, 0.6) is 0 Å². The largest absolute Gasteiger partial charge is 0.303 e. The molecule has 0 spiro atoms. The SMILES string of the molecule is CCc1cc2c(C(=O)C(C=O)CC=O)cccn2n1. The number of rotatable bonds is 6. The van der Waals surface area contributed by atoms with E-state index < -0.39 is 5.92 Å². The summed E-state index contributed by atoms with van der Waals surface area (Å²) in [5.74, 6) is -1.25. The first-order chi connectivity index (χ1) is 9.21. The number of fused-ring (bicyclic) bond motifs is 1. The molecule has 2 rings (SSSR count). The number of aromatic nitrogens is 2. The summed E-state index contributed by atoms with van der Waals surface area (Å²) in [4.78, 5) is 33.6. The van der Waals surface area contributed by atoms with Crippen molar-refractivity contribution in [3.63, 3.8) is 0 Å². The highest BCUT2D eigenvalue weighted by atomic mass is 16.1. The van der Waals surface area contributed by atoms with Crippen LogP contribution < -0.4 is 0 Å². The molecule has 0 radical (unpaired) electrons. The molecule has 0 amide bonds. The lowest BCUT2D eigenvalue weighted by molar-refractivity contribution is -0.114. The monoisotopic (exact) mass is 258 g/mol. The van der Waals surface area contributed by atoms with Gasteiger partial charge in [0, 0.05) is 18.2 Å². The molecule has 2 heterocycles. The van der Waals surface area contributed by atoms with Crippen LogP contribution in [-0.4, -0.2) is 28.0 Å². The van der Waals surface area contributed by atoms with Crippen LogP contribution in [0, 0.1) is 5.92 Å². The fourth-order valence-electron chi connectivity index (χ4n) is 1.97. The number of carbonyl (C=O) groups excluding carboxylic acids is 3. The Morgan fingerprint density at radius 2 is 2.26 bits per heavy atom. The first-order valence-corrected chi connectivity index (χ1v) is 6.11. The maximum absolute atomic E-state index is 12.2. The Labute approximate surface area is 110 Å². The van der Waals surface area contributed by atoms with Crippen LogP contribution in [0.2, 0.25) is 0 Å². The maximum atomic E-state index is 12.2. The minimum absolute atomic E-state index is 0.0852. The van der Waals surface area contributed by atoms with E-state index in [2.05, 4.69) is 5.10 Å². The molecule has 0 aliphatic carbocycles. The van der Waals surface area contributed by atoms with Gasteiger partial charge in [0.05, 0.1) is 17.1 Å². The van der Waals surface area contributed by atoms with Crippen LogP contribution in [-0.2, 0) is 16.0 Å². The second-order valence-electron chi connectivity index (χ2n) is 4.25. The molecule has 0 N–H and O–H groups in total. The van der Waals surface area contributed by atoms with Gasteiger partial charge in [-0.2, -0.15) is 5.10 Å². The number of hydrogen-bond donors (Lipinski definition) is 0. The molecule has 0 bridgehead atoms. The molecule has 5 nitrogen and oxygen atoms in total. The van der Waals surface area contributed by atoms with Gasteiger partial charge < -0.3 is 9.59 Å². The van der Waals surface area contributed by atoms with Gasteiger partial charge in [-0.15, -0.1) is 0 Å². The van der Waals surface area contributed by atoms with Crippen molar-refractivity contribution < 1.29 is 14.4 Å². The van der Waals surface area contributed by atoms with Gasteiger partial charge in [0.1, 0.15) is 12.6 Å². The van der Waals surface area contributed by atoms with Crippen LogP contribution in [0.15, 0.2) is 24.4 Å². The van der Waals surface area contributed by atoms with Crippen LogP contribution in [0.25, 0.3) is 5.52 Å². The van der Waals surface area contributed by atoms with Gasteiger partial charge in [0.25, 0.3) is 0 Å². The summed E-state index contributed by atoms with van der Waals surface area (Å²) in [6, 6.07) is 5.19. The molecule has 98 valence electrons. The number of nitrogens with zero attached hydrogens (tertiary/aromatic N) is 2. The summed E-state index contributed by atoms with van der Waals surface area (Å²) in [5.41, 5.74) is 1.97. The smallest absolute Gasteiger partial charge is 0.175 e. The van der Waals surface area contributed by atoms with Gasteiger partial charge in [-0.25, -0.2) is 4.52 Å². The summed E-state index contributed by atoms with van der Waals surface area (Å²) in [6.45, 7) is 1.98. The minimum Gasteiger partial charge on any atom is -0.303 e. The normalized spacial score (nSPS) is 12.3. The van der Waals surface area contributed by atoms with Gasteiger partial charge in [-0.05, 0) is 24.6 Å². The predicted octanol–water partition coefficient (Wildman–Crippen LogP) is 1.48. The summed E-state index contributed by atoms with van der Waals surface area (Å²) >= 11 is 0. The Morgan fingerprint density at radius 3 is 2.89 bits per heavy atom. The van der Waals surface area contributed by atoms with Crippen LogP contribution in [0.4, 0.5) is 0 Å². The lowest BCUT2D eigenvalue weighted by atomic mass is 9.96. The van der Waals surface area contributed by atoms with Gasteiger partial charge in [0.15, 0.2) is 5.78 Å². The molecule has 0 aromatic carbocycles. The number of pyridine rings is 1. The molecule has 1 atom stereocenters. The first-order valence-electron chi connectivity index (χ1n) is 6.11. The molecule has 0 saturated heterocycles. The third-order valence-electron chi connectivity index (χ3n) is 3.03. The van der Waals surface area contributed by atoms with Gasteiger partial charge in [0.2, 0.25) is 0 Å². The van der Waals surface area contributed by atoms with E-state index in [9.17, 15) is 14.4 Å². The summed E-state index contributed by atoms with van der Waals surface area (Å²) < 4.78 is 1.62. The van der Waals surface area contributed by atoms with Crippen molar-refractivity contribution in [3.8, 4) is 0 Å². The quantitative estimate of drug-likeness (QED) is 0.447. The second-order valence-corrected chi connectivity index (χ2v) is 4.25. The number of hydrogen-bond acceptors (Lipinski definition) is 4. The van der Waals surface area contributed by atoms with Gasteiger partial charge >= 0.3 is 0 Å². The summed E-state index contributed by atoms with van der Waals surface area (Å²) in [7, 11) is 0. The van der Waals surface area contributed by atoms with Crippen molar-refractivity contribution in [2.75, 3.05) is 0 Å². The van der Waals surface area contributed by atoms with Gasteiger partial charge in [-0.3, -0.25) is 4.79 Å². The van der Waals surface area contributed by atoms with E-state index in [1.54, 1.807) is 22.8 Å². The molecule has 5 heteroatoms. The average molecular weight is 258 g/mol. The molecule has 2 aromatic rings. The zero-order valence-corrected chi connectivity index (χ0v) is 10.6. The fraction of sp³-hybridized carbons (Fsp3) is 0.286. The van der Waals surface area contributed by atoms with E-state index in [1.165, 1.54) is 0 Å². The highest BCUT2D eigenvalue weighted by Crippen LogP contribution is 2.17. The number of Topliss-reactive ketones (excluding diaryl/α,β-unsaturated/α-hetero) is 1. The lowest BCUT2D eigenvalue weighted by Crippen LogP contribution is -2.17. The van der Waals surface area contributed by atoms with E-state index in [0.717, 1.165) is 12.1 Å². The predicted molar refractivity (Wildman–Crippen MR) is 69.1 cm³/mol. The molecule has 0 aliphatic heterocycles. The fourth-order valence-corrected chi connectivity index (χ4v) is 1.97. The number of aldehydes is 2. The van der Waals surface area contributed by atoms with E-state index in [1.807, 2.05) is 13.0 Å². The topological polar surface area (TPSA) is 68.5 Å². The van der Waals surface area contributed by atoms with Gasteiger partial charge in [-0.1, -0.05) is 6.92 Å². The van der Waals surface area contributed by atoms with Crippen molar-refractivity contribution in [2.24, 2.45) is 5.92 Å². The highest BCUT2D eigenvalue weighted by molar-refractivity contribution is 6.10. The number of carbonyl (C=O) groups is 3. The van der Waals surface area contributed by atoms with Crippen molar-refractivity contribution in [2.45, 2.75) is 19.8 Å². The van der Waals surface area contributed by atoms with Crippen molar-refractivity contribution >= 4 is 23.9 Å². The minimum atomic E-state index is -0.913. The van der Waals surface area contributed by atoms with E-state index in [0.29, 0.717) is 23.7 Å². The lowest BCUT2D eigenvalue weighted by Gasteiger charge is -2.06. The Hall–Kier alpha value is -2.30.